The lowest BCUT2D eigenvalue weighted by Gasteiger charge is -2.18. The molecule has 0 aliphatic carbocycles. The number of methoxy groups -OCH3 is 1. The second-order valence-corrected chi connectivity index (χ2v) is 4.60. The minimum absolute atomic E-state index is 0.188. The van der Waals surface area contributed by atoms with Gasteiger partial charge in [0.05, 0.1) is 12.8 Å². The van der Waals surface area contributed by atoms with Gasteiger partial charge in [-0.25, -0.2) is 0 Å². The summed E-state index contributed by atoms with van der Waals surface area (Å²) in [6.45, 7) is 6.03. The molecule has 0 amide bonds. The van der Waals surface area contributed by atoms with Crippen molar-refractivity contribution >= 4 is 5.78 Å². The number of H-pyrrole nitrogens is 1. The van der Waals surface area contributed by atoms with E-state index in [0.717, 1.165) is 5.69 Å². The third-order valence-electron chi connectivity index (χ3n) is 2.27. The highest BCUT2D eigenvalue weighted by molar-refractivity contribution is 5.32. The Balaban J connectivity index is 2.81. The van der Waals surface area contributed by atoms with E-state index in [9.17, 15) is 4.79 Å². The summed E-state index contributed by atoms with van der Waals surface area (Å²) in [6.07, 6.45) is 0. The fourth-order valence-electron chi connectivity index (χ4n) is 1.49. The molecule has 16 heavy (non-hydrogen) atoms. The first-order valence-corrected chi connectivity index (χ1v) is 4.96. The van der Waals surface area contributed by atoms with Gasteiger partial charge in [0.2, 0.25) is 5.78 Å². The number of hydrogen-bond acceptors (Lipinski definition) is 4. The number of nitrogens with one attached hydrogen (secondary N) is 1. The molecule has 0 radical (unpaired) electrons. The summed E-state index contributed by atoms with van der Waals surface area (Å²) in [7, 11) is 1.49. The van der Waals surface area contributed by atoms with Crippen LogP contribution in [0.3, 0.4) is 0 Å². The van der Waals surface area contributed by atoms with Crippen LogP contribution in [0.2, 0.25) is 0 Å². The lowest BCUT2D eigenvalue weighted by molar-refractivity contribution is 0.379. The maximum Gasteiger partial charge on any atom is 0.337 e. The predicted octanol–water partition coefficient (Wildman–Crippen LogP) is 0.724. The molecule has 2 heterocycles. The summed E-state index contributed by atoms with van der Waals surface area (Å²) in [5.74, 6) is 0.397. The Labute approximate surface area is 92.3 Å². The standard InChI is InChI=1S/C10H14N4O2/c1-10(2,3)6-5-7(15)11-8-12-9(16-4)13-14(6)8/h5H,1-4H3,(H,11,12,13,15). The second-order valence-electron chi connectivity index (χ2n) is 4.60. The van der Waals surface area contributed by atoms with E-state index >= 15 is 0 Å². The first-order chi connectivity index (χ1) is 7.41. The fraction of sp³-hybridized carbons (Fsp3) is 0.500. The molecule has 2 rings (SSSR count). The summed E-state index contributed by atoms with van der Waals surface area (Å²) in [5, 5.41) is 4.15. The molecular weight excluding hydrogens is 208 g/mol. The van der Waals surface area contributed by atoms with Crippen LogP contribution < -0.4 is 10.3 Å². The largest absolute Gasteiger partial charge is 0.466 e. The van der Waals surface area contributed by atoms with E-state index in [-0.39, 0.29) is 17.0 Å². The Morgan fingerprint density at radius 1 is 1.44 bits per heavy atom. The van der Waals surface area contributed by atoms with E-state index < -0.39 is 0 Å². The van der Waals surface area contributed by atoms with Gasteiger partial charge < -0.3 is 4.74 Å². The van der Waals surface area contributed by atoms with Crippen LogP contribution in [0.4, 0.5) is 0 Å². The van der Waals surface area contributed by atoms with Gasteiger partial charge in [-0.1, -0.05) is 20.8 Å². The lowest BCUT2D eigenvalue weighted by atomic mass is 9.92. The Morgan fingerprint density at radius 2 is 2.12 bits per heavy atom. The molecule has 6 heteroatoms. The van der Waals surface area contributed by atoms with Gasteiger partial charge in [0.15, 0.2) is 0 Å². The lowest BCUT2D eigenvalue weighted by Crippen LogP contribution is -2.22. The monoisotopic (exact) mass is 222 g/mol. The van der Waals surface area contributed by atoms with Crippen molar-refractivity contribution in [2.24, 2.45) is 0 Å². The molecule has 0 aliphatic rings. The third-order valence-corrected chi connectivity index (χ3v) is 2.27. The van der Waals surface area contributed by atoms with Gasteiger partial charge in [-0.05, 0) is 0 Å². The van der Waals surface area contributed by atoms with Gasteiger partial charge in [-0.3, -0.25) is 9.78 Å². The minimum atomic E-state index is -0.189. The summed E-state index contributed by atoms with van der Waals surface area (Å²) in [5.41, 5.74) is 0.417. The van der Waals surface area contributed by atoms with Crippen molar-refractivity contribution in [3.63, 3.8) is 0 Å². The number of hydrogen-bond donors (Lipinski definition) is 1. The molecule has 0 atom stereocenters. The van der Waals surface area contributed by atoms with Crippen LogP contribution in [0, 0.1) is 0 Å². The molecule has 0 aliphatic heterocycles. The van der Waals surface area contributed by atoms with Crippen LogP contribution in [-0.2, 0) is 5.41 Å². The summed E-state index contributed by atoms with van der Waals surface area (Å²) in [6, 6.07) is 1.77. The van der Waals surface area contributed by atoms with E-state index in [1.165, 1.54) is 13.2 Å². The molecule has 0 bridgehead atoms. The zero-order valence-electron chi connectivity index (χ0n) is 9.74. The van der Waals surface area contributed by atoms with Gasteiger partial charge >= 0.3 is 6.01 Å². The van der Waals surface area contributed by atoms with Gasteiger partial charge in [0, 0.05) is 11.5 Å². The third kappa shape index (κ3) is 1.66. The van der Waals surface area contributed by atoms with Crippen molar-refractivity contribution in [2.75, 3.05) is 7.11 Å². The Bertz CT molecular complexity index is 576. The van der Waals surface area contributed by atoms with Crippen LogP contribution in [-0.4, -0.2) is 26.7 Å². The summed E-state index contributed by atoms with van der Waals surface area (Å²) in [4.78, 5) is 18.1. The van der Waals surface area contributed by atoms with Crippen LogP contribution in [0.5, 0.6) is 6.01 Å². The molecule has 1 N–H and O–H groups in total. The molecule has 0 saturated heterocycles. The maximum absolute atomic E-state index is 11.5. The normalized spacial score (nSPS) is 12.0. The molecule has 2 aromatic heterocycles. The van der Waals surface area contributed by atoms with Crippen molar-refractivity contribution in [1.29, 1.82) is 0 Å². The molecule has 0 fully saturated rings. The minimum Gasteiger partial charge on any atom is -0.466 e. The van der Waals surface area contributed by atoms with Crippen LogP contribution in [0.25, 0.3) is 5.78 Å². The van der Waals surface area contributed by atoms with E-state index in [1.807, 2.05) is 20.8 Å². The number of nitrogens with zero attached hydrogens (tertiary/aromatic N) is 3. The van der Waals surface area contributed by atoms with Crippen molar-refractivity contribution in [2.45, 2.75) is 26.2 Å². The number of rotatable bonds is 1. The molecule has 2 aromatic rings. The first-order valence-electron chi connectivity index (χ1n) is 4.96. The predicted molar refractivity (Wildman–Crippen MR) is 58.9 cm³/mol. The van der Waals surface area contributed by atoms with Gasteiger partial charge in [0.25, 0.3) is 5.56 Å². The molecule has 6 nitrogen and oxygen atoms in total. The topological polar surface area (TPSA) is 72.3 Å². The van der Waals surface area contributed by atoms with Crippen molar-refractivity contribution in [1.82, 2.24) is 19.6 Å². The summed E-state index contributed by atoms with van der Waals surface area (Å²) >= 11 is 0. The summed E-state index contributed by atoms with van der Waals surface area (Å²) < 4.78 is 6.54. The highest BCUT2D eigenvalue weighted by atomic mass is 16.5. The van der Waals surface area contributed by atoms with Crippen molar-refractivity contribution < 1.29 is 4.74 Å². The van der Waals surface area contributed by atoms with Crippen LogP contribution in [0.15, 0.2) is 10.9 Å². The highest BCUT2D eigenvalue weighted by Crippen LogP contribution is 2.21. The quantitative estimate of drug-likeness (QED) is 0.771. The molecular formula is C10H14N4O2. The van der Waals surface area contributed by atoms with Crippen molar-refractivity contribution in [3.8, 4) is 6.01 Å². The Hall–Kier alpha value is -1.85. The number of aromatic nitrogens is 4. The first kappa shape index (κ1) is 10.7. The highest BCUT2D eigenvalue weighted by Gasteiger charge is 2.20. The molecule has 0 unspecified atom stereocenters. The average molecular weight is 222 g/mol. The van der Waals surface area contributed by atoms with E-state index in [4.69, 9.17) is 4.74 Å². The fourth-order valence-corrected chi connectivity index (χ4v) is 1.49. The molecule has 0 saturated carbocycles. The Morgan fingerprint density at radius 3 is 2.69 bits per heavy atom. The average Bonchev–Trinajstić information content (AvgIpc) is 2.57. The van der Waals surface area contributed by atoms with Crippen LogP contribution >= 0.6 is 0 Å². The van der Waals surface area contributed by atoms with Gasteiger partial charge in [0.1, 0.15) is 0 Å². The SMILES string of the molecule is COc1nc2[nH]c(=O)cc(C(C)(C)C)n2n1. The Kier molecular flexibility index (Phi) is 2.22. The second kappa shape index (κ2) is 3.33. The molecule has 86 valence electrons. The zero-order chi connectivity index (χ0) is 11.9. The number of aromatic amines is 1. The number of fused-ring (bicyclic) bond motifs is 1. The molecule has 0 spiro atoms. The smallest absolute Gasteiger partial charge is 0.337 e. The van der Waals surface area contributed by atoms with Crippen molar-refractivity contribution in [3.05, 3.63) is 22.1 Å². The number of ether oxygens (including phenoxy) is 1. The van der Waals surface area contributed by atoms with Crippen LogP contribution in [0.1, 0.15) is 26.5 Å². The van der Waals surface area contributed by atoms with E-state index in [0.29, 0.717) is 5.78 Å². The van der Waals surface area contributed by atoms with Gasteiger partial charge in [-0.15, -0.1) is 5.10 Å². The van der Waals surface area contributed by atoms with E-state index in [1.54, 1.807) is 4.52 Å². The molecule has 0 aromatic carbocycles. The maximum atomic E-state index is 11.5. The van der Waals surface area contributed by atoms with E-state index in [2.05, 4.69) is 15.1 Å². The van der Waals surface area contributed by atoms with Gasteiger partial charge in [-0.2, -0.15) is 9.50 Å². The zero-order valence-corrected chi connectivity index (χ0v) is 9.74.